The third kappa shape index (κ3) is 4.35. The van der Waals surface area contributed by atoms with Crippen molar-refractivity contribution in [1.29, 1.82) is 0 Å². The Morgan fingerprint density at radius 3 is 3.00 bits per heavy atom. The highest BCUT2D eigenvalue weighted by Crippen LogP contribution is 2.18. The summed E-state index contributed by atoms with van der Waals surface area (Å²) in [6.45, 7) is 3.02. The van der Waals surface area contributed by atoms with Gasteiger partial charge in [0, 0.05) is 13.0 Å². The van der Waals surface area contributed by atoms with Crippen LogP contribution in [0.1, 0.15) is 45.4 Å². The van der Waals surface area contributed by atoms with Crippen molar-refractivity contribution in [2.24, 2.45) is 0 Å². The summed E-state index contributed by atoms with van der Waals surface area (Å²) in [7, 11) is 0. The SMILES string of the molecule is CCCCCC#C[C@@H]1OCCC[C@@H]1Cl. The zero-order valence-electron chi connectivity index (χ0n) is 8.89. The second-order valence-electron chi connectivity index (χ2n) is 3.73. The van der Waals surface area contributed by atoms with Crippen LogP contribution >= 0.6 is 11.6 Å². The Kier molecular flexibility index (Phi) is 6.07. The molecule has 0 spiro atoms. The fourth-order valence-corrected chi connectivity index (χ4v) is 1.80. The molecule has 80 valence electrons. The van der Waals surface area contributed by atoms with E-state index in [1.54, 1.807) is 0 Å². The van der Waals surface area contributed by atoms with Crippen molar-refractivity contribution in [1.82, 2.24) is 0 Å². The maximum Gasteiger partial charge on any atom is 0.134 e. The van der Waals surface area contributed by atoms with Crippen LogP contribution in [0.4, 0.5) is 0 Å². The summed E-state index contributed by atoms with van der Waals surface area (Å²) in [5.74, 6) is 6.29. The summed E-state index contributed by atoms with van der Waals surface area (Å²) in [5, 5.41) is 0.0995. The van der Waals surface area contributed by atoms with Gasteiger partial charge in [0.15, 0.2) is 0 Å². The van der Waals surface area contributed by atoms with Gasteiger partial charge in [0.2, 0.25) is 0 Å². The smallest absolute Gasteiger partial charge is 0.134 e. The molecular weight excluding hydrogens is 196 g/mol. The third-order valence-corrected chi connectivity index (χ3v) is 2.85. The first-order valence-electron chi connectivity index (χ1n) is 5.58. The highest BCUT2D eigenvalue weighted by Gasteiger charge is 2.21. The van der Waals surface area contributed by atoms with Gasteiger partial charge >= 0.3 is 0 Å². The highest BCUT2D eigenvalue weighted by atomic mass is 35.5. The summed E-state index contributed by atoms with van der Waals surface area (Å²) in [4.78, 5) is 0. The topological polar surface area (TPSA) is 9.23 Å². The Hall–Kier alpha value is -0.190. The minimum atomic E-state index is -0.0213. The van der Waals surface area contributed by atoms with Crippen molar-refractivity contribution in [3.05, 3.63) is 0 Å². The van der Waals surface area contributed by atoms with Gasteiger partial charge in [-0.25, -0.2) is 0 Å². The van der Waals surface area contributed by atoms with Crippen molar-refractivity contribution in [2.45, 2.75) is 56.9 Å². The molecule has 0 aromatic heterocycles. The Morgan fingerprint density at radius 2 is 2.29 bits per heavy atom. The van der Waals surface area contributed by atoms with Crippen molar-refractivity contribution in [3.63, 3.8) is 0 Å². The Labute approximate surface area is 92.2 Å². The first-order chi connectivity index (χ1) is 6.84. The van der Waals surface area contributed by atoms with Crippen LogP contribution in [-0.2, 0) is 4.74 Å². The lowest BCUT2D eigenvalue weighted by atomic mass is 10.1. The third-order valence-electron chi connectivity index (χ3n) is 2.40. The van der Waals surface area contributed by atoms with Crippen molar-refractivity contribution < 1.29 is 4.74 Å². The van der Waals surface area contributed by atoms with Gasteiger partial charge in [-0.05, 0) is 19.3 Å². The fraction of sp³-hybridized carbons (Fsp3) is 0.833. The van der Waals surface area contributed by atoms with Gasteiger partial charge in [0.1, 0.15) is 6.10 Å². The second-order valence-corrected chi connectivity index (χ2v) is 4.29. The predicted octanol–water partition coefficient (Wildman–Crippen LogP) is 3.36. The molecular formula is C12H19ClO. The molecule has 1 aliphatic rings. The summed E-state index contributed by atoms with van der Waals surface area (Å²) < 4.78 is 5.49. The lowest BCUT2D eigenvalue weighted by Crippen LogP contribution is -2.28. The molecule has 0 aromatic carbocycles. The molecule has 1 saturated heterocycles. The van der Waals surface area contributed by atoms with Crippen LogP contribution in [0.3, 0.4) is 0 Å². The number of halogens is 1. The molecule has 14 heavy (non-hydrogen) atoms. The number of unbranched alkanes of at least 4 members (excludes halogenated alkanes) is 3. The van der Waals surface area contributed by atoms with E-state index in [1.807, 2.05) is 0 Å². The second kappa shape index (κ2) is 7.15. The average molecular weight is 215 g/mol. The van der Waals surface area contributed by atoms with Gasteiger partial charge < -0.3 is 4.74 Å². The van der Waals surface area contributed by atoms with E-state index in [2.05, 4.69) is 18.8 Å². The minimum absolute atomic E-state index is 0.0213. The first kappa shape index (κ1) is 11.9. The molecule has 0 amide bonds. The van der Waals surface area contributed by atoms with Crippen LogP contribution in [0.15, 0.2) is 0 Å². The summed E-state index contributed by atoms with van der Waals surface area (Å²) in [6, 6.07) is 0. The van der Waals surface area contributed by atoms with Crippen LogP contribution in [0.5, 0.6) is 0 Å². The van der Waals surface area contributed by atoms with E-state index in [1.165, 1.54) is 19.3 Å². The van der Waals surface area contributed by atoms with E-state index in [-0.39, 0.29) is 11.5 Å². The molecule has 2 heteroatoms. The van der Waals surface area contributed by atoms with Crippen LogP contribution in [0.2, 0.25) is 0 Å². The summed E-state index contributed by atoms with van der Waals surface area (Å²) >= 11 is 6.10. The highest BCUT2D eigenvalue weighted by molar-refractivity contribution is 6.21. The van der Waals surface area contributed by atoms with Crippen LogP contribution in [-0.4, -0.2) is 18.1 Å². The largest absolute Gasteiger partial charge is 0.364 e. The molecule has 0 saturated carbocycles. The maximum absolute atomic E-state index is 6.10. The van der Waals surface area contributed by atoms with E-state index in [9.17, 15) is 0 Å². The van der Waals surface area contributed by atoms with Crippen LogP contribution in [0, 0.1) is 11.8 Å². The van der Waals surface area contributed by atoms with E-state index in [0.717, 1.165) is 25.9 Å². The lowest BCUT2D eigenvalue weighted by Gasteiger charge is -2.22. The molecule has 1 fully saturated rings. The summed E-state index contributed by atoms with van der Waals surface area (Å²) in [6.07, 6.45) is 6.79. The van der Waals surface area contributed by atoms with Crippen molar-refractivity contribution in [3.8, 4) is 11.8 Å². The van der Waals surface area contributed by atoms with E-state index < -0.39 is 0 Å². The zero-order chi connectivity index (χ0) is 10.2. The molecule has 2 atom stereocenters. The van der Waals surface area contributed by atoms with E-state index in [0.29, 0.717) is 0 Å². The molecule has 0 radical (unpaired) electrons. The Bertz CT molecular complexity index is 204. The van der Waals surface area contributed by atoms with E-state index >= 15 is 0 Å². The van der Waals surface area contributed by atoms with Gasteiger partial charge in [-0.3, -0.25) is 0 Å². The number of rotatable bonds is 3. The van der Waals surface area contributed by atoms with Crippen LogP contribution < -0.4 is 0 Å². The molecule has 1 rings (SSSR count). The number of hydrogen-bond donors (Lipinski definition) is 0. The minimum Gasteiger partial charge on any atom is -0.364 e. The molecule has 0 unspecified atom stereocenters. The molecule has 0 bridgehead atoms. The van der Waals surface area contributed by atoms with Crippen molar-refractivity contribution in [2.75, 3.05) is 6.61 Å². The van der Waals surface area contributed by atoms with Crippen LogP contribution in [0.25, 0.3) is 0 Å². The molecule has 0 aliphatic carbocycles. The van der Waals surface area contributed by atoms with Crippen molar-refractivity contribution >= 4 is 11.6 Å². The van der Waals surface area contributed by atoms with E-state index in [4.69, 9.17) is 16.3 Å². The normalized spacial score (nSPS) is 26.7. The van der Waals surface area contributed by atoms with Gasteiger partial charge in [-0.15, -0.1) is 17.5 Å². The fourth-order valence-electron chi connectivity index (χ4n) is 1.51. The van der Waals surface area contributed by atoms with Gasteiger partial charge in [0.25, 0.3) is 0 Å². The summed E-state index contributed by atoms with van der Waals surface area (Å²) in [5.41, 5.74) is 0. The predicted molar refractivity (Wildman–Crippen MR) is 60.5 cm³/mol. The quantitative estimate of drug-likeness (QED) is 0.398. The molecule has 1 nitrogen and oxygen atoms in total. The molecule has 0 N–H and O–H groups in total. The first-order valence-corrected chi connectivity index (χ1v) is 6.02. The average Bonchev–Trinajstić information content (AvgIpc) is 2.20. The Balaban J connectivity index is 2.19. The number of ether oxygens (including phenoxy) is 1. The lowest BCUT2D eigenvalue weighted by molar-refractivity contribution is 0.0557. The van der Waals surface area contributed by atoms with Gasteiger partial charge in [-0.2, -0.15) is 0 Å². The molecule has 0 aromatic rings. The standard InChI is InChI=1S/C12H19ClO/c1-2-3-4-5-6-9-12-11(13)8-7-10-14-12/h11-12H,2-5,7-8,10H2,1H3/t11-,12-/m0/s1. The molecule has 1 aliphatic heterocycles. The maximum atomic E-state index is 6.10. The van der Waals surface area contributed by atoms with Gasteiger partial charge in [-0.1, -0.05) is 25.7 Å². The number of hydrogen-bond acceptors (Lipinski definition) is 1. The number of alkyl halides is 1. The van der Waals surface area contributed by atoms with Gasteiger partial charge in [0.05, 0.1) is 5.38 Å². The monoisotopic (exact) mass is 214 g/mol. The Morgan fingerprint density at radius 1 is 1.43 bits per heavy atom. The zero-order valence-corrected chi connectivity index (χ0v) is 9.65. The molecule has 1 heterocycles.